The lowest BCUT2D eigenvalue weighted by Gasteiger charge is -2.23. The molecule has 0 saturated heterocycles. The summed E-state index contributed by atoms with van der Waals surface area (Å²) in [6, 6.07) is 7.82. The van der Waals surface area contributed by atoms with E-state index >= 15 is 0 Å². The van der Waals surface area contributed by atoms with Gasteiger partial charge in [-0.15, -0.1) is 12.4 Å². The molecule has 1 atom stereocenters. The van der Waals surface area contributed by atoms with Crippen LogP contribution in [0.3, 0.4) is 0 Å². The second-order valence-electron chi connectivity index (χ2n) is 5.63. The third-order valence-electron chi connectivity index (χ3n) is 2.56. The van der Waals surface area contributed by atoms with E-state index in [1.54, 1.807) is 0 Å². The normalized spacial score (nSPS) is 13.1. The summed E-state index contributed by atoms with van der Waals surface area (Å²) in [5.74, 6) is 0.801. The van der Waals surface area contributed by atoms with Crippen LogP contribution in [0.4, 0.5) is 0 Å². The minimum atomic E-state index is -0.516. The summed E-state index contributed by atoms with van der Waals surface area (Å²) >= 11 is 0. The Morgan fingerprint density at radius 1 is 1.30 bits per heavy atom. The fourth-order valence-corrected chi connectivity index (χ4v) is 1.60. The standard InChI is InChI=1S/C16H25NO2.ClH/c1-5-8-13-9-6-7-10-15(13)19-12-14(18)11-17-16(2,3)4;/h5-10,14,17-18H,11-12H2,1-4H3;1H. The Labute approximate surface area is 128 Å². The lowest BCUT2D eigenvalue weighted by molar-refractivity contribution is 0.0999. The molecule has 0 aliphatic carbocycles. The van der Waals surface area contributed by atoms with E-state index in [0.717, 1.165) is 11.3 Å². The molecule has 2 N–H and O–H groups in total. The van der Waals surface area contributed by atoms with Crippen LogP contribution in [-0.2, 0) is 0 Å². The SMILES string of the molecule is CC=Cc1ccccc1OCC(O)CNC(C)(C)C.Cl. The molecule has 1 aromatic rings. The number of halogens is 1. The topological polar surface area (TPSA) is 41.5 Å². The first-order chi connectivity index (χ1) is 8.92. The van der Waals surface area contributed by atoms with Crippen molar-refractivity contribution in [3.05, 3.63) is 35.9 Å². The molecule has 0 heterocycles. The monoisotopic (exact) mass is 299 g/mol. The van der Waals surface area contributed by atoms with Crippen LogP contribution >= 0.6 is 12.4 Å². The van der Waals surface area contributed by atoms with Crippen LogP contribution in [0.2, 0.25) is 0 Å². The van der Waals surface area contributed by atoms with Crippen molar-refractivity contribution in [2.45, 2.75) is 39.3 Å². The number of para-hydroxylation sites is 1. The molecule has 4 heteroatoms. The van der Waals surface area contributed by atoms with E-state index in [-0.39, 0.29) is 24.6 Å². The zero-order valence-corrected chi connectivity index (χ0v) is 13.5. The summed E-state index contributed by atoms with van der Waals surface area (Å²) in [7, 11) is 0. The molecule has 114 valence electrons. The molecule has 1 rings (SSSR count). The Kier molecular flexibility index (Phi) is 8.54. The Morgan fingerprint density at radius 2 is 1.95 bits per heavy atom. The number of hydrogen-bond acceptors (Lipinski definition) is 3. The summed E-state index contributed by atoms with van der Waals surface area (Å²) in [5, 5.41) is 13.1. The van der Waals surface area contributed by atoms with Gasteiger partial charge in [-0.05, 0) is 33.8 Å². The number of β-amino-alcohol motifs (C(OH)–C–C–N with tert-alkyl or cyclic N) is 1. The van der Waals surface area contributed by atoms with Gasteiger partial charge in [-0.2, -0.15) is 0 Å². The summed E-state index contributed by atoms with van der Waals surface area (Å²) in [4.78, 5) is 0. The van der Waals surface area contributed by atoms with Crippen LogP contribution in [0.25, 0.3) is 6.08 Å². The molecule has 20 heavy (non-hydrogen) atoms. The predicted octanol–water partition coefficient (Wildman–Crippen LogP) is 3.27. The van der Waals surface area contributed by atoms with Crippen molar-refractivity contribution in [1.82, 2.24) is 5.32 Å². The average molecular weight is 300 g/mol. The quantitative estimate of drug-likeness (QED) is 0.847. The Morgan fingerprint density at radius 3 is 2.55 bits per heavy atom. The van der Waals surface area contributed by atoms with Gasteiger partial charge >= 0.3 is 0 Å². The minimum absolute atomic E-state index is 0. The molecule has 0 spiro atoms. The Balaban J connectivity index is 0.00000361. The highest BCUT2D eigenvalue weighted by molar-refractivity contribution is 5.85. The Hall–Kier alpha value is -1.03. The molecule has 1 unspecified atom stereocenters. The second kappa shape index (κ2) is 9.01. The highest BCUT2D eigenvalue weighted by Gasteiger charge is 2.12. The molecular weight excluding hydrogens is 274 g/mol. The van der Waals surface area contributed by atoms with Gasteiger partial charge in [0.2, 0.25) is 0 Å². The van der Waals surface area contributed by atoms with E-state index in [2.05, 4.69) is 26.1 Å². The number of nitrogens with one attached hydrogen (secondary N) is 1. The lowest BCUT2D eigenvalue weighted by atomic mass is 10.1. The molecule has 0 bridgehead atoms. The largest absolute Gasteiger partial charge is 0.490 e. The van der Waals surface area contributed by atoms with Crippen LogP contribution in [0, 0.1) is 0 Å². The van der Waals surface area contributed by atoms with E-state index in [9.17, 15) is 5.11 Å². The van der Waals surface area contributed by atoms with Gasteiger partial charge < -0.3 is 15.2 Å². The minimum Gasteiger partial charge on any atom is -0.490 e. The smallest absolute Gasteiger partial charge is 0.126 e. The maximum absolute atomic E-state index is 9.89. The Bertz CT molecular complexity index is 413. The number of aliphatic hydroxyl groups excluding tert-OH is 1. The number of rotatable bonds is 6. The summed E-state index contributed by atoms with van der Waals surface area (Å²) < 4.78 is 5.68. The fourth-order valence-electron chi connectivity index (χ4n) is 1.60. The first kappa shape index (κ1) is 19.0. The van der Waals surface area contributed by atoms with Gasteiger partial charge in [-0.1, -0.05) is 30.4 Å². The molecular formula is C16H26ClNO2. The molecule has 0 aliphatic heterocycles. The van der Waals surface area contributed by atoms with E-state index in [4.69, 9.17) is 4.74 Å². The maximum atomic E-state index is 9.89. The van der Waals surface area contributed by atoms with Gasteiger partial charge in [-0.3, -0.25) is 0 Å². The van der Waals surface area contributed by atoms with Crippen molar-refractivity contribution in [2.24, 2.45) is 0 Å². The second-order valence-corrected chi connectivity index (χ2v) is 5.63. The molecule has 3 nitrogen and oxygen atoms in total. The van der Waals surface area contributed by atoms with E-state index in [1.807, 2.05) is 43.3 Å². The van der Waals surface area contributed by atoms with Gasteiger partial charge in [0.15, 0.2) is 0 Å². The highest BCUT2D eigenvalue weighted by atomic mass is 35.5. The fraction of sp³-hybridized carbons (Fsp3) is 0.500. The van der Waals surface area contributed by atoms with Crippen LogP contribution in [0.15, 0.2) is 30.3 Å². The average Bonchev–Trinajstić information content (AvgIpc) is 2.35. The molecule has 0 radical (unpaired) electrons. The zero-order valence-electron chi connectivity index (χ0n) is 12.7. The van der Waals surface area contributed by atoms with Crippen molar-refractivity contribution in [3.8, 4) is 5.75 Å². The molecule has 0 aliphatic rings. The zero-order chi connectivity index (χ0) is 14.3. The molecule has 0 amide bonds. The van der Waals surface area contributed by atoms with Crippen LogP contribution in [0.1, 0.15) is 33.3 Å². The van der Waals surface area contributed by atoms with Crippen LogP contribution < -0.4 is 10.1 Å². The molecule has 0 saturated carbocycles. The van der Waals surface area contributed by atoms with E-state index in [1.165, 1.54) is 0 Å². The van der Waals surface area contributed by atoms with Crippen molar-refractivity contribution in [2.75, 3.05) is 13.2 Å². The van der Waals surface area contributed by atoms with Crippen LogP contribution in [-0.4, -0.2) is 29.9 Å². The van der Waals surface area contributed by atoms with Crippen molar-refractivity contribution in [1.29, 1.82) is 0 Å². The van der Waals surface area contributed by atoms with Crippen molar-refractivity contribution in [3.63, 3.8) is 0 Å². The number of benzene rings is 1. The van der Waals surface area contributed by atoms with Gasteiger partial charge in [0.25, 0.3) is 0 Å². The van der Waals surface area contributed by atoms with Crippen molar-refractivity contribution >= 4 is 18.5 Å². The third-order valence-corrected chi connectivity index (χ3v) is 2.56. The van der Waals surface area contributed by atoms with Gasteiger partial charge in [-0.25, -0.2) is 0 Å². The number of hydrogen-bond donors (Lipinski definition) is 2. The van der Waals surface area contributed by atoms with E-state index in [0.29, 0.717) is 6.54 Å². The molecule has 0 fully saturated rings. The first-order valence-electron chi connectivity index (χ1n) is 6.70. The first-order valence-corrected chi connectivity index (χ1v) is 6.70. The van der Waals surface area contributed by atoms with Gasteiger partial charge in [0.1, 0.15) is 18.5 Å². The maximum Gasteiger partial charge on any atom is 0.126 e. The molecule has 1 aromatic carbocycles. The van der Waals surface area contributed by atoms with Gasteiger partial charge in [0.05, 0.1) is 0 Å². The molecule has 0 aromatic heterocycles. The van der Waals surface area contributed by atoms with Crippen molar-refractivity contribution < 1.29 is 9.84 Å². The summed E-state index contributed by atoms with van der Waals surface area (Å²) in [6.07, 6.45) is 3.45. The van der Waals surface area contributed by atoms with Gasteiger partial charge in [0, 0.05) is 17.6 Å². The van der Waals surface area contributed by atoms with E-state index < -0.39 is 6.10 Å². The summed E-state index contributed by atoms with van der Waals surface area (Å²) in [6.45, 7) is 9.00. The summed E-state index contributed by atoms with van der Waals surface area (Å²) in [5.41, 5.74) is 1.03. The number of aliphatic hydroxyl groups is 1. The van der Waals surface area contributed by atoms with Crippen LogP contribution in [0.5, 0.6) is 5.75 Å². The predicted molar refractivity (Wildman–Crippen MR) is 87.7 cm³/mol. The number of allylic oxidation sites excluding steroid dienone is 1. The highest BCUT2D eigenvalue weighted by Crippen LogP contribution is 2.19. The lowest BCUT2D eigenvalue weighted by Crippen LogP contribution is -2.42. The number of ether oxygens (including phenoxy) is 1. The third kappa shape index (κ3) is 7.53.